The predicted octanol–water partition coefficient (Wildman–Crippen LogP) is -0.363. The van der Waals surface area contributed by atoms with Gasteiger partial charge < -0.3 is 15.1 Å². The summed E-state index contributed by atoms with van der Waals surface area (Å²) in [5.41, 5.74) is 0. The second-order valence-electron chi connectivity index (χ2n) is 4.95. The zero-order valence-electron chi connectivity index (χ0n) is 11.6. The lowest BCUT2D eigenvalue weighted by atomic mass is 10.3. The van der Waals surface area contributed by atoms with Gasteiger partial charge in [0, 0.05) is 58.1 Å². The summed E-state index contributed by atoms with van der Waals surface area (Å²) in [7, 11) is 2.05. The van der Waals surface area contributed by atoms with Gasteiger partial charge in [0.25, 0.3) is 0 Å². The fourth-order valence-electron chi connectivity index (χ4n) is 2.18. The molecular formula is C13H23N5O. The molecule has 6 nitrogen and oxygen atoms in total. The molecule has 1 aromatic rings. The second kappa shape index (κ2) is 7.25. The highest BCUT2D eigenvalue weighted by Gasteiger charge is 2.16. The number of carbonyl (C=O) groups excluding carboxylic acids is 1. The standard InChI is InChI=1S/C13H23N5O/c1-16(11-12-18-7-2-4-15-18)8-3-13(19)17-9-5-14-6-10-17/h2,4,7,14H,3,5-6,8-12H2,1H3. The Labute approximate surface area is 114 Å². The van der Waals surface area contributed by atoms with E-state index < -0.39 is 0 Å². The van der Waals surface area contributed by atoms with Crippen molar-refractivity contribution in [2.24, 2.45) is 0 Å². The average Bonchev–Trinajstić information content (AvgIpc) is 2.96. The van der Waals surface area contributed by atoms with Crippen molar-refractivity contribution in [1.29, 1.82) is 0 Å². The van der Waals surface area contributed by atoms with Crippen LogP contribution >= 0.6 is 0 Å². The first-order chi connectivity index (χ1) is 9.25. The van der Waals surface area contributed by atoms with Crippen LogP contribution in [0.25, 0.3) is 0 Å². The summed E-state index contributed by atoms with van der Waals surface area (Å²) >= 11 is 0. The summed E-state index contributed by atoms with van der Waals surface area (Å²) in [6.07, 6.45) is 4.35. The first-order valence-electron chi connectivity index (χ1n) is 6.90. The summed E-state index contributed by atoms with van der Waals surface area (Å²) in [6, 6.07) is 1.92. The van der Waals surface area contributed by atoms with Crippen molar-refractivity contribution in [2.45, 2.75) is 13.0 Å². The van der Waals surface area contributed by atoms with Crippen LogP contribution in [-0.2, 0) is 11.3 Å². The first kappa shape index (κ1) is 14.0. The third-order valence-corrected chi connectivity index (χ3v) is 3.45. The molecule has 0 saturated carbocycles. The van der Waals surface area contributed by atoms with E-state index in [1.165, 1.54) is 0 Å². The Kier molecular flexibility index (Phi) is 5.35. The fraction of sp³-hybridized carbons (Fsp3) is 0.692. The number of rotatable bonds is 6. The molecule has 2 rings (SSSR count). The molecule has 19 heavy (non-hydrogen) atoms. The Morgan fingerprint density at radius 2 is 2.16 bits per heavy atom. The summed E-state index contributed by atoms with van der Waals surface area (Å²) in [6.45, 7) is 6.11. The number of hydrogen-bond donors (Lipinski definition) is 1. The molecule has 0 radical (unpaired) electrons. The Morgan fingerprint density at radius 1 is 1.37 bits per heavy atom. The van der Waals surface area contributed by atoms with Gasteiger partial charge in [-0.15, -0.1) is 0 Å². The summed E-state index contributed by atoms with van der Waals surface area (Å²) in [5.74, 6) is 0.271. The third kappa shape index (κ3) is 4.65. The van der Waals surface area contributed by atoms with Crippen LogP contribution in [0.3, 0.4) is 0 Å². The largest absolute Gasteiger partial charge is 0.340 e. The molecular weight excluding hydrogens is 242 g/mol. The van der Waals surface area contributed by atoms with E-state index in [-0.39, 0.29) is 5.91 Å². The smallest absolute Gasteiger partial charge is 0.223 e. The van der Waals surface area contributed by atoms with Crippen molar-refractivity contribution in [3.05, 3.63) is 18.5 Å². The van der Waals surface area contributed by atoms with Crippen LogP contribution in [0.1, 0.15) is 6.42 Å². The zero-order valence-corrected chi connectivity index (χ0v) is 11.6. The molecule has 2 heterocycles. The van der Waals surface area contributed by atoms with Gasteiger partial charge in [-0.1, -0.05) is 0 Å². The van der Waals surface area contributed by atoms with Crippen molar-refractivity contribution >= 4 is 5.91 Å². The Morgan fingerprint density at radius 3 is 2.84 bits per heavy atom. The molecule has 0 aromatic carbocycles. The fourth-order valence-corrected chi connectivity index (χ4v) is 2.18. The molecule has 1 aliphatic heterocycles. The van der Waals surface area contributed by atoms with Gasteiger partial charge in [0.15, 0.2) is 0 Å². The van der Waals surface area contributed by atoms with Gasteiger partial charge in [-0.2, -0.15) is 5.10 Å². The zero-order chi connectivity index (χ0) is 13.5. The third-order valence-electron chi connectivity index (χ3n) is 3.45. The van der Waals surface area contributed by atoms with Crippen molar-refractivity contribution < 1.29 is 4.79 Å². The second-order valence-corrected chi connectivity index (χ2v) is 4.95. The number of likely N-dealkylation sites (N-methyl/N-ethyl adjacent to an activating group) is 1. The lowest BCUT2D eigenvalue weighted by Crippen LogP contribution is -2.47. The maximum absolute atomic E-state index is 12.0. The van der Waals surface area contributed by atoms with Gasteiger partial charge >= 0.3 is 0 Å². The molecule has 6 heteroatoms. The molecule has 0 bridgehead atoms. The number of nitrogens with one attached hydrogen (secondary N) is 1. The Hall–Kier alpha value is -1.40. The van der Waals surface area contributed by atoms with Crippen LogP contribution < -0.4 is 5.32 Å². The molecule has 0 atom stereocenters. The average molecular weight is 265 g/mol. The van der Waals surface area contributed by atoms with Crippen LogP contribution in [0.4, 0.5) is 0 Å². The lowest BCUT2D eigenvalue weighted by Gasteiger charge is -2.28. The highest BCUT2D eigenvalue weighted by atomic mass is 16.2. The molecule has 1 fully saturated rings. The van der Waals surface area contributed by atoms with E-state index in [0.29, 0.717) is 6.42 Å². The van der Waals surface area contributed by atoms with E-state index in [1.807, 2.05) is 21.8 Å². The van der Waals surface area contributed by atoms with Crippen molar-refractivity contribution in [3.63, 3.8) is 0 Å². The van der Waals surface area contributed by atoms with Gasteiger partial charge in [0.2, 0.25) is 5.91 Å². The molecule has 1 aliphatic rings. The molecule has 1 amide bonds. The first-order valence-corrected chi connectivity index (χ1v) is 6.90. The quantitative estimate of drug-likeness (QED) is 0.763. The topological polar surface area (TPSA) is 53.4 Å². The molecule has 0 unspecified atom stereocenters. The van der Waals surface area contributed by atoms with Crippen LogP contribution in [0, 0.1) is 0 Å². The van der Waals surface area contributed by atoms with Gasteiger partial charge in [-0.25, -0.2) is 0 Å². The van der Waals surface area contributed by atoms with E-state index in [2.05, 4.69) is 22.4 Å². The van der Waals surface area contributed by atoms with Crippen molar-refractivity contribution in [1.82, 2.24) is 24.9 Å². The van der Waals surface area contributed by atoms with Gasteiger partial charge in [-0.3, -0.25) is 9.48 Å². The minimum absolute atomic E-state index is 0.271. The molecule has 1 N–H and O–H groups in total. The Bertz CT molecular complexity index is 372. The number of nitrogens with zero attached hydrogens (tertiary/aromatic N) is 4. The molecule has 0 aliphatic carbocycles. The molecule has 1 saturated heterocycles. The predicted molar refractivity (Wildman–Crippen MR) is 73.8 cm³/mol. The number of piperazine rings is 1. The SMILES string of the molecule is CN(CCC(=O)N1CCNCC1)CCn1cccn1. The maximum Gasteiger partial charge on any atom is 0.223 e. The van der Waals surface area contributed by atoms with Gasteiger partial charge in [-0.05, 0) is 13.1 Å². The number of carbonyl (C=O) groups is 1. The summed E-state index contributed by atoms with van der Waals surface area (Å²) < 4.78 is 1.91. The monoisotopic (exact) mass is 265 g/mol. The highest BCUT2D eigenvalue weighted by molar-refractivity contribution is 5.76. The van der Waals surface area contributed by atoms with E-state index in [1.54, 1.807) is 6.20 Å². The lowest BCUT2D eigenvalue weighted by molar-refractivity contribution is -0.132. The van der Waals surface area contributed by atoms with E-state index >= 15 is 0 Å². The van der Waals surface area contributed by atoms with Crippen molar-refractivity contribution in [2.75, 3.05) is 46.3 Å². The molecule has 1 aromatic heterocycles. The minimum atomic E-state index is 0.271. The van der Waals surface area contributed by atoms with E-state index in [9.17, 15) is 4.79 Å². The van der Waals surface area contributed by atoms with Crippen molar-refractivity contribution in [3.8, 4) is 0 Å². The molecule has 0 spiro atoms. The van der Waals surface area contributed by atoms with Crippen LogP contribution in [-0.4, -0.2) is 71.8 Å². The van der Waals surface area contributed by atoms with Crippen LogP contribution in [0.2, 0.25) is 0 Å². The normalized spacial score (nSPS) is 16.0. The van der Waals surface area contributed by atoms with Gasteiger partial charge in [0.05, 0.1) is 6.54 Å². The van der Waals surface area contributed by atoms with E-state index in [0.717, 1.165) is 45.8 Å². The number of aromatic nitrogens is 2. The highest BCUT2D eigenvalue weighted by Crippen LogP contribution is 1.99. The number of hydrogen-bond acceptors (Lipinski definition) is 4. The summed E-state index contributed by atoms with van der Waals surface area (Å²) in [5, 5.41) is 7.42. The van der Waals surface area contributed by atoms with E-state index in [4.69, 9.17) is 0 Å². The number of amides is 1. The van der Waals surface area contributed by atoms with Gasteiger partial charge in [0.1, 0.15) is 0 Å². The summed E-state index contributed by atoms with van der Waals surface area (Å²) in [4.78, 5) is 16.1. The van der Waals surface area contributed by atoms with Crippen LogP contribution in [0.15, 0.2) is 18.5 Å². The molecule has 106 valence electrons. The minimum Gasteiger partial charge on any atom is -0.340 e. The maximum atomic E-state index is 12.0. The Balaban J connectivity index is 1.62. The van der Waals surface area contributed by atoms with Crippen LogP contribution in [0.5, 0.6) is 0 Å².